The summed E-state index contributed by atoms with van der Waals surface area (Å²) < 4.78 is 0. The lowest BCUT2D eigenvalue weighted by atomic mass is 10.1. The van der Waals surface area contributed by atoms with Gasteiger partial charge in [0.25, 0.3) is 0 Å². The maximum atomic E-state index is 2.31. The van der Waals surface area contributed by atoms with Gasteiger partial charge in [0, 0.05) is 9.75 Å². The van der Waals surface area contributed by atoms with Crippen molar-refractivity contribution in [1.82, 2.24) is 0 Å². The average Bonchev–Trinajstić information content (AvgIpc) is 2.92. The zero-order valence-electron chi connectivity index (χ0n) is 12.1. The van der Waals surface area contributed by atoms with Gasteiger partial charge in [0.2, 0.25) is 0 Å². The fraction of sp³-hybridized carbons (Fsp3) is 0.444. The van der Waals surface area contributed by atoms with E-state index in [0.717, 1.165) is 6.42 Å². The van der Waals surface area contributed by atoms with E-state index in [1.165, 1.54) is 53.0 Å². The zero-order chi connectivity index (χ0) is 13.5. The second kappa shape index (κ2) is 7.49. The monoisotopic (exact) mass is 272 g/mol. The third-order valence-electron chi connectivity index (χ3n) is 3.59. The third-order valence-corrected chi connectivity index (χ3v) is 4.78. The van der Waals surface area contributed by atoms with E-state index in [4.69, 9.17) is 0 Å². The molecule has 0 spiro atoms. The van der Waals surface area contributed by atoms with Gasteiger partial charge in [-0.1, -0.05) is 57.4 Å². The fourth-order valence-electron chi connectivity index (χ4n) is 2.30. The van der Waals surface area contributed by atoms with E-state index < -0.39 is 0 Å². The number of rotatable bonds is 7. The molecule has 0 unspecified atom stereocenters. The van der Waals surface area contributed by atoms with Crippen LogP contribution in [0.5, 0.6) is 0 Å². The molecule has 0 aliphatic heterocycles. The minimum atomic E-state index is 1.12. The number of unbranched alkanes of at least 4 members (excludes halogenated alkanes) is 3. The van der Waals surface area contributed by atoms with Gasteiger partial charge in [-0.05, 0) is 42.5 Å². The molecule has 2 aromatic rings. The molecule has 19 heavy (non-hydrogen) atoms. The van der Waals surface area contributed by atoms with Gasteiger partial charge in [0.05, 0.1) is 0 Å². The van der Waals surface area contributed by atoms with Crippen LogP contribution in [0.1, 0.15) is 50.0 Å². The van der Waals surface area contributed by atoms with Crippen LogP contribution in [0.3, 0.4) is 0 Å². The van der Waals surface area contributed by atoms with Gasteiger partial charge in [-0.2, -0.15) is 0 Å². The van der Waals surface area contributed by atoms with Crippen molar-refractivity contribution in [2.45, 2.75) is 52.4 Å². The number of benzene rings is 1. The van der Waals surface area contributed by atoms with Crippen molar-refractivity contribution >= 4 is 11.3 Å². The van der Waals surface area contributed by atoms with Crippen molar-refractivity contribution in [3.63, 3.8) is 0 Å². The minimum absolute atomic E-state index is 1.12. The Balaban J connectivity index is 1.95. The Morgan fingerprint density at radius 2 is 1.63 bits per heavy atom. The van der Waals surface area contributed by atoms with Crippen LogP contribution in [0.4, 0.5) is 0 Å². The summed E-state index contributed by atoms with van der Waals surface area (Å²) in [5, 5.41) is 0. The maximum absolute atomic E-state index is 2.31. The number of aryl methyl sites for hydroxylation is 2. The molecule has 0 amide bonds. The molecule has 0 nitrogen and oxygen atoms in total. The van der Waals surface area contributed by atoms with Crippen molar-refractivity contribution in [2.75, 3.05) is 0 Å². The normalized spacial score (nSPS) is 10.8. The molecule has 2 rings (SSSR count). The first-order valence-corrected chi connectivity index (χ1v) is 8.33. The molecule has 0 bridgehead atoms. The second-order valence-electron chi connectivity index (χ2n) is 5.13. The lowest BCUT2D eigenvalue weighted by Gasteiger charge is -2.00. The topological polar surface area (TPSA) is 0 Å². The van der Waals surface area contributed by atoms with E-state index in [1.54, 1.807) is 0 Å². The highest BCUT2D eigenvalue weighted by Gasteiger charge is 2.03. The molecular formula is C18H24S. The Bertz CT molecular complexity index is 479. The van der Waals surface area contributed by atoms with Gasteiger partial charge in [-0.15, -0.1) is 11.3 Å². The van der Waals surface area contributed by atoms with Crippen LogP contribution in [0, 0.1) is 0 Å². The molecule has 102 valence electrons. The van der Waals surface area contributed by atoms with Crippen LogP contribution in [0.15, 0.2) is 36.4 Å². The average molecular weight is 272 g/mol. The summed E-state index contributed by atoms with van der Waals surface area (Å²) in [4.78, 5) is 2.94. The fourth-order valence-corrected chi connectivity index (χ4v) is 3.35. The number of hydrogen-bond acceptors (Lipinski definition) is 1. The van der Waals surface area contributed by atoms with Crippen molar-refractivity contribution in [3.8, 4) is 10.4 Å². The Morgan fingerprint density at radius 3 is 2.32 bits per heavy atom. The van der Waals surface area contributed by atoms with Crippen LogP contribution < -0.4 is 0 Å². The van der Waals surface area contributed by atoms with E-state index in [-0.39, 0.29) is 0 Å². The quantitative estimate of drug-likeness (QED) is 0.534. The van der Waals surface area contributed by atoms with Gasteiger partial charge in [-0.25, -0.2) is 0 Å². The third kappa shape index (κ3) is 4.21. The van der Waals surface area contributed by atoms with Crippen molar-refractivity contribution < 1.29 is 0 Å². The first kappa shape index (κ1) is 14.3. The first-order valence-electron chi connectivity index (χ1n) is 7.51. The summed E-state index contributed by atoms with van der Waals surface area (Å²) in [5.41, 5.74) is 2.78. The summed E-state index contributed by atoms with van der Waals surface area (Å²) in [6.45, 7) is 4.47. The number of hydrogen-bond donors (Lipinski definition) is 0. The molecule has 0 saturated heterocycles. The smallest absolute Gasteiger partial charge is 0.0345 e. The summed E-state index contributed by atoms with van der Waals surface area (Å²) >= 11 is 1.96. The van der Waals surface area contributed by atoms with Gasteiger partial charge in [-0.3, -0.25) is 0 Å². The lowest BCUT2D eigenvalue weighted by molar-refractivity contribution is 0.670. The van der Waals surface area contributed by atoms with Crippen LogP contribution >= 0.6 is 11.3 Å². The molecule has 1 heterocycles. The zero-order valence-corrected chi connectivity index (χ0v) is 12.9. The lowest BCUT2D eigenvalue weighted by Crippen LogP contribution is -1.80. The molecule has 0 aliphatic carbocycles. The van der Waals surface area contributed by atoms with E-state index in [0.29, 0.717) is 0 Å². The van der Waals surface area contributed by atoms with E-state index in [2.05, 4.69) is 50.2 Å². The van der Waals surface area contributed by atoms with E-state index in [1.807, 2.05) is 11.3 Å². The highest BCUT2D eigenvalue weighted by atomic mass is 32.1. The predicted molar refractivity (Wildman–Crippen MR) is 87.0 cm³/mol. The van der Waals surface area contributed by atoms with Gasteiger partial charge in [0.15, 0.2) is 0 Å². The van der Waals surface area contributed by atoms with Gasteiger partial charge in [0.1, 0.15) is 0 Å². The van der Waals surface area contributed by atoms with Crippen molar-refractivity contribution in [1.29, 1.82) is 0 Å². The van der Waals surface area contributed by atoms with Crippen LogP contribution in [-0.2, 0) is 12.8 Å². The highest BCUT2D eigenvalue weighted by Crippen LogP contribution is 2.29. The molecule has 0 N–H and O–H groups in total. The first-order chi connectivity index (χ1) is 9.33. The standard InChI is InChI=1S/C18H24S/c1-3-5-6-7-8-17-13-14-18(19-17)16-11-9-15(4-2)10-12-16/h9-14H,3-8H2,1-2H3. The molecule has 0 radical (unpaired) electrons. The van der Waals surface area contributed by atoms with Gasteiger partial charge >= 0.3 is 0 Å². The largest absolute Gasteiger partial charge is 0.140 e. The van der Waals surface area contributed by atoms with Crippen LogP contribution in [-0.4, -0.2) is 0 Å². The Kier molecular flexibility index (Phi) is 5.65. The van der Waals surface area contributed by atoms with E-state index >= 15 is 0 Å². The molecule has 1 aromatic heterocycles. The maximum Gasteiger partial charge on any atom is 0.0345 e. The SMILES string of the molecule is CCCCCCc1ccc(-c2ccc(CC)cc2)s1. The van der Waals surface area contributed by atoms with Gasteiger partial charge < -0.3 is 0 Å². The summed E-state index contributed by atoms with van der Waals surface area (Å²) in [7, 11) is 0. The van der Waals surface area contributed by atoms with Crippen molar-refractivity contribution in [3.05, 3.63) is 46.8 Å². The Hall–Kier alpha value is -1.08. The summed E-state index contributed by atoms with van der Waals surface area (Å²) in [5.74, 6) is 0. The Morgan fingerprint density at radius 1 is 0.842 bits per heavy atom. The highest BCUT2D eigenvalue weighted by molar-refractivity contribution is 7.15. The van der Waals surface area contributed by atoms with Crippen LogP contribution in [0.2, 0.25) is 0 Å². The molecule has 1 aromatic carbocycles. The predicted octanol–water partition coefficient (Wildman–Crippen LogP) is 6.10. The molecule has 1 heteroatoms. The second-order valence-corrected chi connectivity index (χ2v) is 6.30. The summed E-state index contributed by atoms with van der Waals surface area (Å²) in [6.07, 6.45) is 7.76. The summed E-state index contributed by atoms with van der Waals surface area (Å²) in [6, 6.07) is 13.6. The van der Waals surface area contributed by atoms with Crippen molar-refractivity contribution in [2.24, 2.45) is 0 Å². The Labute approximate surface area is 121 Å². The number of thiophene rings is 1. The molecule has 0 saturated carbocycles. The molecule has 0 fully saturated rings. The van der Waals surface area contributed by atoms with E-state index in [9.17, 15) is 0 Å². The van der Waals surface area contributed by atoms with Crippen LogP contribution in [0.25, 0.3) is 10.4 Å². The molecular weight excluding hydrogens is 248 g/mol. The molecule has 0 atom stereocenters. The molecule has 0 aliphatic rings. The minimum Gasteiger partial charge on any atom is -0.140 e.